The molecule has 0 aliphatic heterocycles. The van der Waals surface area contributed by atoms with Crippen LogP contribution in [0, 0.1) is 0 Å². The van der Waals surface area contributed by atoms with Gasteiger partial charge >= 0.3 is 54.9 Å². The standard InChI is InChI=1S/C18H36O2.Ba.H2O.2H/c1-2-3-4-5-6-7-8-9-10-11-12-13-14-15-16-17-18(19)20;;;;/h2-17H2,1H3,(H,19,20);;1H2;;/q;+2;;2*-1. The molecule has 0 radical (unpaired) electrons. The van der Waals surface area contributed by atoms with Crippen molar-refractivity contribution in [3.8, 4) is 0 Å². The third-order valence-corrected chi connectivity index (χ3v) is 3.99. The number of aliphatic carboxylic acids is 1. The fourth-order valence-corrected chi connectivity index (χ4v) is 2.65. The van der Waals surface area contributed by atoms with E-state index in [0.29, 0.717) is 6.42 Å². The Morgan fingerprint density at radius 3 is 1.23 bits per heavy atom. The van der Waals surface area contributed by atoms with E-state index in [4.69, 9.17) is 5.11 Å². The van der Waals surface area contributed by atoms with Crippen LogP contribution in [0.25, 0.3) is 0 Å². The summed E-state index contributed by atoms with van der Waals surface area (Å²) in [6.45, 7) is 2.27. The topological polar surface area (TPSA) is 68.8 Å². The van der Waals surface area contributed by atoms with Crippen LogP contribution in [0.1, 0.15) is 113 Å². The first-order valence-corrected chi connectivity index (χ1v) is 8.99. The van der Waals surface area contributed by atoms with Crippen molar-refractivity contribution in [2.45, 2.75) is 110 Å². The van der Waals surface area contributed by atoms with E-state index in [9.17, 15) is 4.79 Å². The van der Waals surface area contributed by atoms with E-state index < -0.39 is 5.97 Å². The number of carboxylic acids is 1. The summed E-state index contributed by atoms with van der Waals surface area (Å²) in [5.74, 6) is -0.653. The number of carboxylic acid groups (broad SMARTS) is 1. The van der Waals surface area contributed by atoms with E-state index in [0.717, 1.165) is 12.8 Å². The maximum absolute atomic E-state index is 10.3. The van der Waals surface area contributed by atoms with Gasteiger partial charge in [0.1, 0.15) is 0 Å². The van der Waals surface area contributed by atoms with Gasteiger partial charge in [-0.05, 0) is 6.42 Å². The van der Waals surface area contributed by atoms with E-state index in [-0.39, 0.29) is 57.2 Å². The Bertz CT molecular complexity index is 220. The summed E-state index contributed by atoms with van der Waals surface area (Å²) in [6, 6.07) is 0. The molecule has 132 valence electrons. The number of hydrogen-bond donors (Lipinski definition) is 1. The second kappa shape index (κ2) is 24.3. The first kappa shape index (κ1) is 27.8. The molecule has 0 bridgehead atoms. The second-order valence-corrected chi connectivity index (χ2v) is 6.09. The van der Waals surface area contributed by atoms with Gasteiger partial charge in [-0.3, -0.25) is 4.79 Å². The van der Waals surface area contributed by atoms with Crippen molar-refractivity contribution < 1.29 is 18.2 Å². The Kier molecular flexibility index (Phi) is 30.7. The van der Waals surface area contributed by atoms with Gasteiger partial charge in [-0.15, -0.1) is 0 Å². The van der Waals surface area contributed by atoms with Crippen molar-refractivity contribution in [2.75, 3.05) is 0 Å². The fourth-order valence-electron chi connectivity index (χ4n) is 2.65. The maximum atomic E-state index is 10.3. The number of rotatable bonds is 16. The van der Waals surface area contributed by atoms with Crippen LogP contribution in [-0.4, -0.2) is 65.4 Å². The Morgan fingerprint density at radius 1 is 0.682 bits per heavy atom. The molecule has 0 saturated carbocycles. The van der Waals surface area contributed by atoms with E-state index in [1.165, 1.54) is 83.5 Å². The normalized spacial score (nSPS) is 9.86. The number of unbranched alkanes of at least 4 members (excludes halogenated alkanes) is 14. The fraction of sp³-hybridized carbons (Fsp3) is 0.944. The molecule has 0 heterocycles. The van der Waals surface area contributed by atoms with Crippen molar-refractivity contribution >= 4 is 54.9 Å². The largest absolute Gasteiger partial charge is 2.00 e. The summed E-state index contributed by atoms with van der Waals surface area (Å²) < 4.78 is 0. The van der Waals surface area contributed by atoms with Gasteiger partial charge in [0, 0.05) is 6.42 Å². The van der Waals surface area contributed by atoms with E-state index >= 15 is 0 Å². The molecular formula is C18H40BaO3. The van der Waals surface area contributed by atoms with Crippen molar-refractivity contribution in [3.63, 3.8) is 0 Å². The van der Waals surface area contributed by atoms with Crippen LogP contribution in [0.15, 0.2) is 0 Å². The van der Waals surface area contributed by atoms with Crippen LogP contribution in [-0.2, 0) is 4.79 Å². The molecule has 3 nitrogen and oxygen atoms in total. The smallest absolute Gasteiger partial charge is 1.00 e. The Balaban J connectivity index is -0.000000301. The summed E-state index contributed by atoms with van der Waals surface area (Å²) in [5, 5.41) is 8.52. The third kappa shape index (κ3) is 25.9. The minimum atomic E-state index is -0.653. The van der Waals surface area contributed by atoms with Crippen LogP contribution < -0.4 is 0 Å². The number of hydrogen-bond acceptors (Lipinski definition) is 1. The molecule has 0 saturated heterocycles. The predicted octanol–water partition coefficient (Wildman–Crippen LogP) is 5.35. The number of carbonyl (C=O) groups is 1. The quantitative estimate of drug-likeness (QED) is 0.259. The molecule has 0 fully saturated rings. The zero-order valence-electron chi connectivity index (χ0n) is 16.9. The summed E-state index contributed by atoms with van der Waals surface area (Å²) >= 11 is 0. The van der Waals surface area contributed by atoms with Gasteiger partial charge < -0.3 is 13.4 Å². The molecule has 0 aliphatic carbocycles. The van der Waals surface area contributed by atoms with E-state index in [2.05, 4.69) is 6.92 Å². The van der Waals surface area contributed by atoms with Crippen LogP contribution in [0.3, 0.4) is 0 Å². The molecule has 0 amide bonds. The van der Waals surface area contributed by atoms with E-state index in [1.54, 1.807) is 0 Å². The SMILES string of the molecule is CCCCCCCCCCCCCCCCCC(=O)O.O.[Ba+2].[H-].[H-]. The molecule has 0 rings (SSSR count). The van der Waals surface area contributed by atoms with Crippen LogP contribution >= 0.6 is 0 Å². The summed E-state index contributed by atoms with van der Waals surface area (Å²) in [4.78, 5) is 10.3. The maximum Gasteiger partial charge on any atom is 2.00 e. The Morgan fingerprint density at radius 2 is 0.955 bits per heavy atom. The Hall–Kier alpha value is 1.00. The van der Waals surface area contributed by atoms with Gasteiger partial charge in [0.2, 0.25) is 0 Å². The van der Waals surface area contributed by atoms with Crippen molar-refractivity contribution in [3.05, 3.63) is 0 Å². The second-order valence-electron chi connectivity index (χ2n) is 6.09. The molecule has 0 atom stereocenters. The zero-order valence-corrected chi connectivity index (χ0v) is 19.3. The van der Waals surface area contributed by atoms with Gasteiger partial charge in [-0.2, -0.15) is 0 Å². The molecule has 0 spiro atoms. The van der Waals surface area contributed by atoms with Crippen LogP contribution in [0.4, 0.5) is 0 Å². The first-order valence-electron chi connectivity index (χ1n) is 8.99. The van der Waals surface area contributed by atoms with Crippen molar-refractivity contribution in [1.82, 2.24) is 0 Å². The summed E-state index contributed by atoms with van der Waals surface area (Å²) in [6.07, 6.45) is 20.2. The first-order chi connectivity index (χ1) is 9.77. The van der Waals surface area contributed by atoms with Gasteiger partial charge in [-0.1, -0.05) is 96.8 Å². The monoisotopic (exact) mass is 442 g/mol. The van der Waals surface area contributed by atoms with E-state index in [1.807, 2.05) is 0 Å². The van der Waals surface area contributed by atoms with Gasteiger partial charge in [0.05, 0.1) is 0 Å². The van der Waals surface area contributed by atoms with Crippen molar-refractivity contribution in [2.24, 2.45) is 0 Å². The molecule has 3 N–H and O–H groups in total. The molecule has 0 aromatic rings. The molecule has 0 aliphatic rings. The molecule has 0 aromatic carbocycles. The summed E-state index contributed by atoms with van der Waals surface area (Å²) in [5.41, 5.74) is 0. The van der Waals surface area contributed by atoms with Gasteiger partial charge in [0.15, 0.2) is 0 Å². The molecule has 22 heavy (non-hydrogen) atoms. The summed E-state index contributed by atoms with van der Waals surface area (Å²) in [7, 11) is 0. The average molecular weight is 442 g/mol. The predicted molar refractivity (Wildman–Crippen MR) is 98.8 cm³/mol. The van der Waals surface area contributed by atoms with Crippen LogP contribution in [0.5, 0.6) is 0 Å². The van der Waals surface area contributed by atoms with Gasteiger partial charge in [0.25, 0.3) is 0 Å². The van der Waals surface area contributed by atoms with Gasteiger partial charge in [-0.25, -0.2) is 0 Å². The molecule has 4 heteroatoms. The minimum absolute atomic E-state index is 0. The Labute approximate surface area is 181 Å². The minimum Gasteiger partial charge on any atom is -1.00 e. The van der Waals surface area contributed by atoms with Crippen LogP contribution in [0.2, 0.25) is 0 Å². The third-order valence-electron chi connectivity index (χ3n) is 3.99. The molecule has 0 aromatic heterocycles. The van der Waals surface area contributed by atoms with Crippen molar-refractivity contribution in [1.29, 1.82) is 0 Å². The zero-order chi connectivity index (χ0) is 14.9. The molecular weight excluding hydrogens is 402 g/mol. The average Bonchev–Trinajstić information content (AvgIpc) is 2.43. The molecule has 0 unspecified atom stereocenters.